The molecule has 0 aliphatic heterocycles. The van der Waals surface area contributed by atoms with Gasteiger partial charge in [-0.25, -0.2) is 4.79 Å². The molecule has 18 heavy (non-hydrogen) atoms. The summed E-state index contributed by atoms with van der Waals surface area (Å²) >= 11 is 0. The molecule has 1 atom stereocenters. The molecule has 0 bridgehead atoms. The van der Waals surface area contributed by atoms with Gasteiger partial charge in [0.15, 0.2) is 0 Å². The molecular formula is C11H10F4O3. The molecule has 100 valence electrons. The minimum absolute atomic E-state index is 0.0937. The molecule has 0 spiro atoms. The SMILES string of the molecule is CCOC(=O)C(F)Oc1ccccc1C(F)(F)F. The van der Waals surface area contributed by atoms with Gasteiger partial charge < -0.3 is 9.47 Å². The lowest BCUT2D eigenvalue weighted by Gasteiger charge is -2.15. The molecule has 1 aromatic rings. The van der Waals surface area contributed by atoms with Gasteiger partial charge in [0.2, 0.25) is 0 Å². The van der Waals surface area contributed by atoms with Gasteiger partial charge in [-0.3, -0.25) is 0 Å². The van der Waals surface area contributed by atoms with E-state index >= 15 is 0 Å². The van der Waals surface area contributed by atoms with Gasteiger partial charge in [0, 0.05) is 0 Å². The van der Waals surface area contributed by atoms with Crippen molar-refractivity contribution < 1.29 is 31.8 Å². The number of halogens is 4. The highest BCUT2D eigenvalue weighted by molar-refractivity contribution is 5.73. The van der Waals surface area contributed by atoms with Crippen molar-refractivity contribution in [2.24, 2.45) is 0 Å². The van der Waals surface area contributed by atoms with Crippen molar-refractivity contribution in [1.82, 2.24) is 0 Å². The normalized spacial score (nSPS) is 12.9. The van der Waals surface area contributed by atoms with Gasteiger partial charge in [0.25, 0.3) is 0 Å². The van der Waals surface area contributed by atoms with E-state index in [2.05, 4.69) is 9.47 Å². The number of carbonyl (C=O) groups excluding carboxylic acids is 1. The van der Waals surface area contributed by atoms with Crippen molar-refractivity contribution in [1.29, 1.82) is 0 Å². The number of hydrogen-bond donors (Lipinski definition) is 0. The molecule has 0 N–H and O–H groups in total. The van der Waals surface area contributed by atoms with Gasteiger partial charge in [-0.2, -0.15) is 17.6 Å². The number of alkyl halides is 4. The summed E-state index contributed by atoms with van der Waals surface area (Å²) in [4.78, 5) is 10.9. The molecule has 1 rings (SSSR count). The van der Waals surface area contributed by atoms with Crippen LogP contribution in [0.3, 0.4) is 0 Å². The minimum Gasteiger partial charge on any atom is -0.461 e. The smallest absolute Gasteiger partial charge is 0.419 e. The minimum atomic E-state index is -4.69. The predicted molar refractivity (Wildman–Crippen MR) is 53.6 cm³/mol. The maximum absolute atomic E-state index is 13.2. The van der Waals surface area contributed by atoms with E-state index in [9.17, 15) is 22.4 Å². The molecule has 0 aromatic heterocycles. The third-order valence-corrected chi connectivity index (χ3v) is 1.89. The standard InChI is InChI=1S/C11H10F4O3/c1-2-17-10(16)9(12)18-8-6-4-3-5-7(8)11(13,14)15/h3-6,9H,2H2,1H3. The molecule has 0 aliphatic carbocycles. The molecule has 0 amide bonds. The van der Waals surface area contributed by atoms with Crippen LogP contribution in [0.1, 0.15) is 12.5 Å². The summed E-state index contributed by atoms with van der Waals surface area (Å²) in [6.07, 6.45) is -7.28. The summed E-state index contributed by atoms with van der Waals surface area (Å²) in [7, 11) is 0. The van der Waals surface area contributed by atoms with Gasteiger partial charge in [0.1, 0.15) is 5.75 Å². The number of carbonyl (C=O) groups is 1. The Bertz CT molecular complexity index is 417. The molecule has 3 nitrogen and oxygen atoms in total. The average Bonchev–Trinajstić information content (AvgIpc) is 2.28. The Morgan fingerprint density at radius 2 is 1.94 bits per heavy atom. The lowest BCUT2D eigenvalue weighted by molar-refractivity contribution is -0.161. The Morgan fingerprint density at radius 1 is 1.33 bits per heavy atom. The largest absolute Gasteiger partial charge is 0.461 e. The topological polar surface area (TPSA) is 35.5 Å². The summed E-state index contributed by atoms with van der Waals surface area (Å²) in [5, 5.41) is 0. The van der Waals surface area contributed by atoms with Gasteiger partial charge in [-0.15, -0.1) is 0 Å². The first-order chi connectivity index (χ1) is 8.36. The molecule has 7 heteroatoms. The van der Waals surface area contributed by atoms with E-state index in [4.69, 9.17) is 0 Å². The Labute approximate surface area is 100 Å². The molecule has 1 aromatic carbocycles. The molecule has 0 saturated carbocycles. The highest BCUT2D eigenvalue weighted by atomic mass is 19.4. The van der Waals surface area contributed by atoms with Crippen LogP contribution in [0.25, 0.3) is 0 Å². The second kappa shape index (κ2) is 5.70. The Balaban J connectivity index is 2.88. The van der Waals surface area contributed by atoms with Crippen molar-refractivity contribution in [2.45, 2.75) is 19.5 Å². The van der Waals surface area contributed by atoms with E-state index in [1.165, 1.54) is 13.0 Å². The first-order valence-corrected chi connectivity index (χ1v) is 5.00. The van der Waals surface area contributed by atoms with E-state index in [0.717, 1.165) is 18.2 Å². The molecular weight excluding hydrogens is 256 g/mol. The second-order valence-electron chi connectivity index (χ2n) is 3.18. The van der Waals surface area contributed by atoms with E-state index < -0.39 is 29.8 Å². The zero-order chi connectivity index (χ0) is 13.8. The quantitative estimate of drug-likeness (QED) is 0.621. The molecule has 0 aliphatic rings. The summed E-state index contributed by atoms with van der Waals surface area (Å²) in [5.74, 6) is -2.12. The van der Waals surface area contributed by atoms with E-state index in [1.807, 2.05) is 0 Å². The summed E-state index contributed by atoms with van der Waals surface area (Å²) in [6, 6.07) is 4.03. The lowest BCUT2D eigenvalue weighted by atomic mass is 10.2. The van der Waals surface area contributed by atoms with E-state index in [-0.39, 0.29) is 6.61 Å². The fourth-order valence-corrected chi connectivity index (χ4v) is 1.17. The third-order valence-electron chi connectivity index (χ3n) is 1.89. The van der Waals surface area contributed by atoms with Crippen molar-refractivity contribution in [3.05, 3.63) is 29.8 Å². The number of ether oxygens (including phenoxy) is 2. The van der Waals surface area contributed by atoms with E-state index in [1.54, 1.807) is 0 Å². The highest BCUT2D eigenvalue weighted by Crippen LogP contribution is 2.36. The monoisotopic (exact) mass is 266 g/mol. The van der Waals surface area contributed by atoms with Crippen molar-refractivity contribution in [3.63, 3.8) is 0 Å². The van der Waals surface area contributed by atoms with Crippen LogP contribution in [0.5, 0.6) is 5.75 Å². The maximum atomic E-state index is 13.2. The number of esters is 1. The second-order valence-corrected chi connectivity index (χ2v) is 3.18. The predicted octanol–water partition coefficient (Wildman–Crippen LogP) is 2.94. The van der Waals surface area contributed by atoms with Crippen LogP contribution in [0.4, 0.5) is 17.6 Å². The van der Waals surface area contributed by atoms with Crippen LogP contribution in [0.2, 0.25) is 0 Å². The van der Waals surface area contributed by atoms with Gasteiger partial charge in [-0.05, 0) is 19.1 Å². The first kappa shape index (κ1) is 14.3. The van der Waals surface area contributed by atoms with Crippen LogP contribution >= 0.6 is 0 Å². The average molecular weight is 266 g/mol. The zero-order valence-electron chi connectivity index (χ0n) is 9.33. The molecule has 0 heterocycles. The van der Waals surface area contributed by atoms with Crippen LogP contribution in [0, 0.1) is 0 Å². The number of para-hydroxylation sites is 1. The lowest BCUT2D eigenvalue weighted by Crippen LogP contribution is -2.25. The van der Waals surface area contributed by atoms with Crippen molar-refractivity contribution in [3.8, 4) is 5.75 Å². The van der Waals surface area contributed by atoms with Crippen molar-refractivity contribution >= 4 is 5.97 Å². The van der Waals surface area contributed by atoms with Crippen LogP contribution in [-0.2, 0) is 15.7 Å². The van der Waals surface area contributed by atoms with E-state index in [0.29, 0.717) is 0 Å². The summed E-state index contributed by atoms with van der Waals surface area (Å²) in [5.41, 5.74) is -1.16. The molecule has 1 unspecified atom stereocenters. The number of benzene rings is 1. The Hall–Kier alpha value is -1.79. The fraction of sp³-hybridized carbons (Fsp3) is 0.364. The molecule has 0 fully saturated rings. The first-order valence-electron chi connectivity index (χ1n) is 5.00. The van der Waals surface area contributed by atoms with Gasteiger partial charge in [0.05, 0.1) is 12.2 Å². The number of rotatable bonds is 4. The summed E-state index contributed by atoms with van der Waals surface area (Å²) < 4.78 is 59.4. The fourth-order valence-electron chi connectivity index (χ4n) is 1.17. The van der Waals surface area contributed by atoms with Gasteiger partial charge in [-0.1, -0.05) is 12.1 Å². The molecule has 0 saturated heterocycles. The molecule has 0 radical (unpaired) electrons. The number of hydrogen-bond acceptors (Lipinski definition) is 3. The third kappa shape index (κ3) is 3.61. The zero-order valence-corrected chi connectivity index (χ0v) is 9.33. The summed E-state index contributed by atoms with van der Waals surface area (Å²) in [6.45, 7) is 1.35. The van der Waals surface area contributed by atoms with Crippen LogP contribution in [0.15, 0.2) is 24.3 Å². The van der Waals surface area contributed by atoms with Gasteiger partial charge >= 0.3 is 18.5 Å². The highest BCUT2D eigenvalue weighted by Gasteiger charge is 2.35. The Morgan fingerprint density at radius 3 is 2.50 bits per heavy atom. The maximum Gasteiger partial charge on any atom is 0.419 e. The van der Waals surface area contributed by atoms with Crippen molar-refractivity contribution in [2.75, 3.05) is 6.61 Å². The Kier molecular flexibility index (Phi) is 4.52. The van der Waals surface area contributed by atoms with Crippen LogP contribution < -0.4 is 4.74 Å². The van der Waals surface area contributed by atoms with Crippen LogP contribution in [-0.4, -0.2) is 18.9 Å².